The number of anilines is 2. The molecular formula is C19H22F2N2O. The maximum atomic E-state index is 13.7. The van der Waals surface area contributed by atoms with E-state index in [1.165, 1.54) is 6.07 Å². The fourth-order valence-corrected chi connectivity index (χ4v) is 3.02. The Morgan fingerprint density at radius 3 is 2.42 bits per heavy atom. The predicted octanol–water partition coefficient (Wildman–Crippen LogP) is 4.10. The second-order valence-electron chi connectivity index (χ2n) is 6.30. The van der Waals surface area contributed by atoms with Crippen molar-refractivity contribution >= 4 is 11.4 Å². The van der Waals surface area contributed by atoms with E-state index in [4.69, 9.17) is 0 Å². The summed E-state index contributed by atoms with van der Waals surface area (Å²) in [5.41, 5.74) is 2.28. The maximum absolute atomic E-state index is 13.7. The number of nitrogens with one attached hydrogen (secondary N) is 1. The van der Waals surface area contributed by atoms with Crippen LogP contribution in [0, 0.1) is 11.6 Å². The highest BCUT2D eigenvalue weighted by Gasteiger charge is 2.17. The van der Waals surface area contributed by atoms with Crippen LogP contribution in [0.5, 0.6) is 0 Å². The first kappa shape index (κ1) is 16.7. The average molecular weight is 332 g/mol. The van der Waals surface area contributed by atoms with Gasteiger partial charge in [-0.25, -0.2) is 8.78 Å². The van der Waals surface area contributed by atoms with Crippen LogP contribution in [0.3, 0.4) is 0 Å². The van der Waals surface area contributed by atoms with E-state index < -0.39 is 11.6 Å². The molecule has 1 atom stereocenters. The summed E-state index contributed by atoms with van der Waals surface area (Å²) in [6.45, 7) is 3.61. The minimum absolute atomic E-state index is 0.140. The van der Waals surface area contributed by atoms with Gasteiger partial charge in [0, 0.05) is 24.8 Å². The summed E-state index contributed by atoms with van der Waals surface area (Å²) in [5.74, 6) is -0.930. The number of aliphatic hydroxyl groups is 1. The monoisotopic (exact) mass is 332 g/mol. The van der Waals surface area contributed by atoms with E-state index in [1.54, 1.807) is 0 Å². The molecule has 0 radical (unpaired) electrons. The first-order chi connectivity index (χ1) is 11.5. The molecule has 3 nitrogen and oxygen atoms in total. The van der Waals surface area contributed by atoms with Crippen LogP contribution in [-0.4, -0.2) is 24.3 Å². The molecule has 0 saturated carbocycles. The van der Waals surface area contributed by atoms with Crippen LogP contribution < -0.4 is 10.2 Å². The normalized spacial score (nSPS) is 16.9. The zero-order valence-electron chi connectivity index (χ0n) is 13.7. The van der Waals surface area contributed by atoms with Gasteiger partial charge in [0.2, 0.25) is 0 Å². The van der Waals surface area contributed by atoms with Crippen LogP contribution >= 0.6 is 0 Å². The lowest BCUT2D eigenvalue weighted by atomic mass is 10.0. The van der Waals surface area contributed by atoms with Crippen molar-refractivity contribution in [2.24, 2.45) is 0 Å². The van der Waals surface area contributed by atoms with Crippen LogP contribution in [0.25, 0.3) is 0 Å². The van der Waals surface area contributed by atoms with Crippen molar-refractivity contribution in [3.8, 4) is 0 Å². The second kappa shape index (κ2) is 7.18. The van der Waals surface area contributed by atoms with E-state index in [0.717, 1.165) is 49.3 Å². The average Bonchev–Trinajstić information content (AvgIpc) is 2.59. The molecule has 1 unspecified atom stereocenters. The van der Waals surface area contributed by atoms with Crippen molar-refractivity contribution in [3.63, 3.8) is 0 Å². The Labute approximate surface area is 140 Å². The SMILES string of the molecule is CC(Nc1cc(F)ccc1F)c1ccc(N2CCC(O)CC2)cc1. The number of hydrogen-bond acceptors (Lipinski definition) is 3. The van der Waals surface area contributed by atoms with Crippen molar-refractivity contribution in [3.05, 3.63) is 59.7 Å². The van der Waals surface area contributed by atoms with E-state index in [9.17, 15) is 13.9 Å². The van der Waals surface area contributed by atoms with Crippen molar-refractivity contribution in [1.29, 1.82) is 0 Å². The van der Waals surface area contributed by atoms with Gasteiger partial charge >= 0.3 is 0 Å². The van der Waals surface area contributed by atoms with E-state index in [1.807, 2.05) is 31.2 Å². The number of halogens is 2. The highest BCUT2D eigenvalue weighted by Crippen LogP contribution is 2.25. The first-order valence-electron chi connectivity index (χ1n) is 8.27. The van der Waals surface area contributed by atoms with Gasteiger partial charge in [0.25, 0.3) is 0 Å². The molecule has 5 heteroatoms. The molecular weight excluding hydrogens is 310 g/mol. The van der Waals surface area contributed by atoms with Gasteiger partial charge in [-0.05, 0) is 55.7 Å². The second-order valence-corrected chi connectivity index (χ2v) is 6.30. The topological polar surface area (TPSA) is 35.5 Å². The van der Waals surface area contributed by atoms with Gasteiger partial charge in [0.1, 0.15) is 11.6 Å². The smallest absolute Gasteiger partial charge is 0.146 e. The van der Waals surface area contributed by atoms with Crippen LogP contribution in [-0.2, 0) is 0 Å². The van der Waals surface area contributed by atoms with Gasteiger partial charge in [-0.1, -0.05) is 12.1 Å². The van der Waals surface area contributed by atoms with Crippen molar-refractivity contribution in [2.75, 3.05) is 23.3 Å². The zero-order chi connectivity index (χ0) is 17.1. The zero-order valence-corrected chi connectivity index (χ0v) is 13.7. The van der Waals surface area contributed by atoms with Crippen LogP contribution in [0.4, 0.5) is 20.2 Å². The Kier molecular flexibility index (Phi) is 5.00. The standard InChI is InChI=1S/C19H22F2N2O/c1-13(22-19-12-15(20)4-7-18(19)21)14-2-5-16(6-3-14)23-10-8-17(24)9-11-23/h2-7,12-13,17,22,24H,8-11H2,1H3. The predicted molar refractivity (Wildman–Crippen MR) is 92.3 cm³/mol. The number of benzene rings is 2. The van der Waals surface area contributed by atoms with Gasteiger partial charge in [-0.2, -0.15) is 0 Å². The van der Waals surface area contributed by atoms with Crippen LogP contribution in [0.2, 0.25) is 0 Å². The first-order valence-corrected chi connectivity index (χ1v) is 8.27. The quantitative estimate of drug-likeness (QED) is 0.885. The van der Waals surface area contributed by atoms with Crippen molar-refractivity contribution in [2.45, 2.75) is 31.9 Å². The third-order valence-electron chi connectivity index (χ3n) is 4.52. The molecule has 1 aliphatic rings. The van der Waals surface area contributed by atoms with Gasteiger partial charge in [0.15, 0.2) is 0 Å². The molecule has 1 fully saturated rings. The minimum atomic E-state index is -0.466. The van der Waals surface area contributed by atoms with E-state index in [0.29, 0.717) is 0 Å². The molecule has 1 saturated heterocycles. The summed E-state index contributed by atoms with van der Waals surface area (Å²) in [6.07, 6.45) is 1.39. The number of rotatable bonds is 4. The number of aliphatic hydroxyl groups excluding tert-OH is 1. The van der Waals surface area contributed by atoms with Gasteiger partial charge in [-0.3, -0.25) is 0 Å². The van der Waals surface area contributed by atoms with Crippen molar-refractivity contribution in [1.82, 2.24) is 0 Å². The Balaban J connectivity index is 1.67. The molecule has 128 valence electrons. The van der Waals surface area contributed by atoms with Crippen LogP contribution in [0.15, 0.2) is 42.5 Å². The molecule has 2 aromatic rings. The summed E-state index contributed by atoms with van der Waals surface area (Å²) in [6, 6.07) is 11.3. The maximum Gasteiger partial charge on any atom is 0.146 e. The molecule has 0 aliphatic carbocycles. The third kappa shape index (κ3) is 3.85. The summed E-state index contributed by atoms with van der Waals surface area (Å²) in [4.78, 5) is 2.25. The molecule has 0 bridgehead atoms. The Bertz CT molecular complexity index is 682. The highest BCUT2D eigenvalue weighted by atomic mass is 19.1. The van der Waals surface area contributed by atoms with E-state index in [2.05, 4.69) is 10.2 Å². The lowest BCUT2D eigenvalue weighted by Gasteiger charge is -2.31. The van der Waals surface area contributed by atoms with Crippen molar-refractivity contribution < 1.29 is 13.9 Å². The summed E-state index contributed by atoms with van der Waals surface area (Å²) < 4.78 is 27.0. The largest absolute Gasteiger partial charge is 0.393 e. The molecule has 3 rings (SSSR count). The lowest BCUT2D eigenvalue weighted by Crippen LogP contribution is -2.35. The lowest BCUT2D eigenvalue weighted by molar-refractivity contribution is 0.145. The fourth-order valence-electron chi connectivity index (χ4n) is 3.02. The summed E-state index contributed by atoms with van der Waals surface area (Å²) >= 11 is 0. The third-order valence-corrected chi connectivity index (χ3v) is 4.52. The Morgan fingerprint density at radius 1 is 1.08 bits per heavy atom. The summed E-state index contributed by atoms with van der Waals surface area (Å²) in [7, 11) is 0. The van der Waals surface area contributed by atoms with Gasteiger partial charge in [0.05, 0.1) is 11.8 Å². The molecule has 1 heterocycles. The molecule has 1 aliphatic heterocycles. The fraction of sp³-hybridized carbons (Fsp3) is 0.368. The van der Waals surface area contributed by atoms with Gasteiger partial charge in [-0.15, -0.1) is 0 Å². The molecule has 2 aromatic carbocycles. The van der Waals surface area contributed by atoms with Gasteiger partial charge < -0.3 is 15.3 Å². The summed E-state index contributed by atoms with van der Waals surface area (Å²) in [5, 5.41) is 12.6. The molecule has 0 aromatic heterocycles. The number of hydrogen-bond donors (Lipinski definition) is 2. The number of nitrogens with zero attached hydrogens (tertiary/aromatic N) is 1. The molecule has 24 heavy (non-hydrogen) atoms. The molecule has 0 spiro atoms. The van der Waals surface area contributed by atoms with Crippen LogP contribution in [0.1, 0.15) is 31.4 Å². The molecule has 2 N–H and O–H groups in total. The minimum Gasteiger partial charge on any atom is -0.393 e. The highest BCUT2D eigenvalue weighted by molar-refractivity contribution is 5.51. The Hall–Kier alpha value is -2.14. The van der Waals surface area contributed by atoms with E-state index in [-0.39, 0.29) is 17.8 Å². The van der Waals surface area contributed by atoms with E-state index >= 15 is 0 Å². The molecule has 0 amide bonds. The Morgan fingerprint density at radius 2 is 1.75 bits per heavy atom. The number of piperidine rings is 1.